The van der Waals surface area contributed by atoms with Gasteiger partial charge in [0.15, 0.2) is 0 Å². The number of hydrogen-bond acceptors (Lipinski definition) is 2. The van der Waals surface area contributed by atoms with Crippen LogP contribution in [0.4, 0.5) is 0 Å². The van der Waals surface area contributed by atoms with Gasteiger partial charge < -0.3 is 5.32 Å². The predicted molar refractivity (Wildman–Crippen MR) is 73.5 cm³/mol. The molecule has 0 saturated heterocycles. The second-order valence-corrected chi connectivity index (χ2v) is 4.79. The highest BCUT2D eigenvalue weighted by atomic mass is 15.3. The summed E-state index contributed by atoms with van der Waals surface area (Å²) in [5.74, 6) is 0. The van der Waals surface area contributed by atoms with E-state index in [0.717, 1.165) is 13.0 Å². The lowest BCUT2D eigenvalue weighted by atomic mass is 10.00. The predicted octanol–water partition coefficient (Wildman–Crippen LogP) is 2.78. The Bertz CT molecular complexity index is 557. The van der Waals surface area contributed by atoms with Gasteiger partial charge in [-0.1, -0.05) is 18.2 Å². The molecule has 0 amide bonds. The fourth-order valence-corrected chi connectivity index (χ4v) is 3.01. The van der Waals surface area contributed by atoms with Crippen LogP contribution in [0.1, 0.15) is 30.5 Å². The molecule has 2 aromatic rings. The summed E-state index contributed by atoms with van der Waals surface area (Å²) < 4.78 is 2.07. The molecule has 1 aliphatic rings. The molecule has 0 radical (unpaired) electrons. The molecule has 1 unspecified atom stereocenters. The average Bonchev–Trinajstić information content (AvgIpc) is 3.04. The summed E-state index contributed by atoms with van der Waals surface area (Å²) in [5, 5.41) is 7.78. The molecule has 3 nitrogen and oxygen atoms in total. The second kappa shape index (κ2) is 4.58. The first-order valence-electron chi connectivity index (χ1n) is 6.66. The van der Waals surface area contributed by atoms with E-state index in [1.807, 2.05) is 13.2 Å². The number of aromatic nitrogens is 2. The maximum atomic E-state index is 4.38. The van der Waals surface area contributed by atoms with Crippen LogP contribution in [0.3, 0.4) is 0 Å². The zero-order valence-corrected chi connectivity index (χ0v) is 11.0. The molecule has 0 spiro atoms. The highest BCUT2D eigenvalue weighted by Gasteiger charge is 2.24. The summed E-state index contributed by atoms with van der Waals surface area (Å²) in [6.07, 6.45) is 4.25. The van der Waals surface area contributed by atoms with Gasteiger partial charge in [0.05, 0.1) is 5.69 Å². The quantitative estimate of drug-likeness (QED) is 0.895. The molecule has 1 aromatic heterocycles. The van der Waals surface area contributed by atoms with Gasteiger partial charge in [-0.2, -0.15) is 5.10 Å². The van der Waals surface area contributed by atoms with Gasteiger partial charge in [-0.25, -0.2) is 0 Å². The molecule has 0 bridgehead atoms. The second-order valence-electron chi connectivity index (χ2n) is 4.79. The summed E-state index contributed by atoms with van der Waals surface area (Å²) in [6.45, 7) is 3.05. The summed E-state index contributed by atoms with van der Waals surface area (Å²) in [5.41, 5.74) is 5.54. The number of hydrogen-bond donors (Lipinski definition) is 1. The maximum Gasteiger partial charge on any atom is 0.0684 e. The number of fused-ring (bicyclic) bond motifs is 1. The average molecular weight is 241 g/mol. The van der Waals surface area contributed by atoms with Gasteiger partial charge in [0.2, 0.25) is 0 Å². The fraction of sp³-hybridized carbons (Fsp3) is 0.400. The van der Waals surface area contributed by atoms with Crippen molar-refractivity contribution in [1.29, 1.82) is 0 Å². The zero-order chi connectivity index (χ0) is 12.5. The van der Waals surface area contributed by atoms with Crippen molar-refractivity contribution < 1.29 is 0 Å². The Balaban J connectivity index is 2.12. The van der Waals surface area contributed by atoms with E-state index in [1.54, 1.807) is 0 Å². The Hall–Kier alpha value is -1.61. The van der Waals surface area contributed by atoms with Crippen LogP contribution in [-0.2, 0) is 13.0 Å². The number of nitrogens with zero attached hydrogens (tertiary/aromatic N) is 2. The third kappa shape index (κ3) is 1.66. The first-order valence-corrected chi connectivity index (χ1v) is 6.66. The Morgan fingerprint density at radius 3 is 3.06 bits per heavy atom. The normalized spacial score (nSPS) is 18.0. The third-order valence-corrected chi connectivity index (χ3v) is 3.91. The maximum absolute atomic E-state index is 4.38. The van der Waals surface area contributed by atoms with Crippen LogP contribution in [0.2, 0.25) is 0 Å². The number of benzene rings is 1. The van der Waals surface area contributed by atoms with E-state index in [-0.39, 0.29) is 0 Å². The molecule has 0 fully saturated rings. The van der Waals surface area contributed by atoms with Crippen molar-refractivity contribution in [3.63, 3.8) is 0 Å². The standard InChI is InChI=1S/C15H19N3/c1-3-18-15(9-10-17-18)13-6-4-5-12-11(13)7-8-14(12)16-2/h4-6,9-10,14,16H,3,7-8H2,1-2H3. The van der Waals surface area contributed by atoms with E-state index in [2.05, 4.69) is 46.3 Å². The first-order chi connectivity index (χ1) is 8.85. The van der Waals surface area contributed by atoms with Crippen molar-refractivity contribution >= 4 is 0 Å². The highest BCUT2D eigenvalue weighted by molar-refractivity contribution is 5.67. The molecule has 1 N–H and O–H groups in total. The minimum absolute atomic E-state index is 0.512. The molecule has 3 rings (SSSR count). The van der Waals surface area contributed by atoms with Crippen LogP contribution < -0.4 is 5.32 Å². The van der Waals surface area contributed by atoms with Crippen molar-refractivity contribution in [3.8, 4) is 11.3 Å². The summed E-state index contributed by atoms with van der Waals surface area (Å²) in [6, 6.07) is 9.26. The Morgan fingerprint density at radius 1 is 1.39 bits per heavy atom. The Labute approximate surface area is 108 Å². The monoisotopic (exact) mass is 241 g/mol. The Morgan fingerprint density at radius 2 is 2.28 bits per heavy atom. The van der Waals surface area contributed by atoms with Crippen LogP contribution in [0.25, 0.3) is 11.3 Å². The molecule has 18 heavy (non-hydrogen) atoms. The van der Waals surface area contributed by atoms with Crippen molar-refractivity contribution in [2.75, 3.05) is 7.05 Å². The fourth-order valence-electron chi connectivity index (χ4n) is 3.01. The smallest absolute Gasteiger partial charge is 0.0684 e. The van der Waals surface area contributed by atoms with Crippen molar-refractivity contribution in [1.82, 2.24) is 15.1 Å². The third-order valence-electron chi connectivity index (χ3n) is 3.91. The molecule has 0 aliphatic heterocycles. The van der Waals surface area contributed by atoms with Gasteiger partial charge in [0.1, 0.15) is 0 Å². The number of nitrogens with one attached hydrogen (secondary N) is 1. The van der Waals surface area contributed by atoms with Crippen molar-refractivity contribution in [2.24, 2.45) is 0 Å². The zero-order valence-electron chi connectivity index (χ0n) is 11.0. The molecule has 1 aromatic carbocycles. The lowest BCUT2D eigenvalue weighted by molar-refractivity contribution is 0.590. The van der Waals surface area contributed by atoms with E-state index in [9.17, 15) is 0 Å². The van der Waals surface area contributed by atoms with E-state index in [4.69, 9.17) is 0 Å². The van der Waals surface area contributed by atoms with Gasteiger partial charge in [-0.3, -0.25) is 4.68 Å². The van der Waals surface area contributed by atoms with Gasteiger partial charge >= 0.3 is 0 Å². The largest absolute Gasteiger partial charge is 0.313 e. The lowest BCUT2D eigenvalue weighted by Gasteiger charge is -2.12. The molecule has 0 saturated carbocycles. The molecular weight excluding hydrogens is 222 g/mol. The minimum Gasteiger partial charge on any atom is -0.313 e. The minimum atomic E-state index is 0.512. The highest BCUT2D eigenvalue weighted by Crippen LogP contribution is 2.37. The van der Waals surface area contributed by atoms with Crippen LogP contribution >= 0.6 is 0 Å². The SMILES string of the molecule is CCn1nccc1-c1cccc2c1CCC2NC. The van der Waals surface area contributed by atoms with E-state index < -0.39 is 0 Å². The number of rotatable bonds is 3. The van der Waals surface area contributed by atoms with Gasteiger partial charge in [-0.05, 0) is 44.0 Å². The molecule has 1 heterocycles. The molecular formula is C15H19N3. The molecule has 94 valence electrons. The first kappa shape index (κ1) is 11.5. The van der Waals surface area contributed by atoms with Gasteiger partial charge in [0.25, 0.3) is 0 Å². The summed E-state index contributed by atoms with van der Waals surface area (Å²) in [7, 11) is 2.04. The van der Waals surface area contributed by atoms with Crippen LogP contribution in [0.15, 0.2) is 30.5 Å². The topological polar surface area (TPSA) is 29.9 Å². The molecule has 1 aliphatic carbocycles. The van der Waals surface area contributed by atoms with E-state index in [1.165, 1.54) is 28.8 Å². The lowest BCUT2D eigenvalue weighted by Crippen LogP contribution is -2.12. The summed E-state index contributed by atoms with van der Waals surface area (Å²) in [4.78, 5) is 0. The van der Waals surface area contributed by atoms with Crippen molar-refractivity contribution in [3.05, 3.63) is 41.6 Å². The van der Waals surface area contributed by atoms with Crippen LogP contribution in [0, 0.1) is 0 Å². The van der Waals surface area contributed by atoms with Gasteiger partial charge in [0, 0.05) is 24.3 Å². The Kier molecular flexibility index (Phi) is 2.92. The number of aryl methyl sites for hydroxylation is 1. The van der Waals surface area contributed by atoms with E-state index >= 15 is 0 Å². The van der Waals surface area contributed by atoms with Gasteiger partial charge in [-0.15, -0.1) is 0 Å². The van der Waals surface area contributed by atoms with Crippen LogP contribution in [0.5, 0.6) is 0 Å². The molecule has 3 heteroatoms. The van der Waals surface area contributed by atoms with Crippen LogP contribution in [-0.4, -0.2) is 16.8 Å². The molecule has 1 atom stereocenters. The summed E-state index contributed by atoms with van der Waals surface area (Å²) >= 11 is 0. The van der Waals surface area contributed by atoms with E-state index in [0.29, 0.717) is 6.04 Å². The van der Waals surface area contributed by atoms with Crippen molar-refractivity contribution in [2.45, 2.75) is 32.4 Å².